The number of piperidine rings is 1. The first kappa shape index (κ1) is 13.9. The molecule has 0 aromatic heterocycles. The second kappa shape index (κ2) is 5.72. The molecule has 0 bridgehead atoms. The third-order valence-electron chi connectivity index (χ3n) is 4.79. The van der Waals surface area contributed by atoms with Crippen LogP contribution in [0.2, 0.25) is 0 Å². The number of likely N-dealkylation sites (tertiary alicyclic amines) is 1. The number of amides is 2. The summed E-state index contributed by atoms with van der Waals surface area (Å²) in [5, 5.41) is 3.31. The van der Waals surface area contributed by atoms with Gasteiger partial charge in [-0.2, -0.15) is 0 Å². The molecular weight excluding hydrogens is 254 g/mol. The molecule has 1 unspecified atom stereocenters. The molecule has 2 heterocycles. The van der Waals surface area contributed by atoms with Gasteiger partial charge in [0.05, 0.1) is 5.92 Å². The lowest BCUT2D eigenvalue weighted by Gasteiger charge is -2.39. The van der Waals surface area contributed by atoms with Crippen molar-refractivity contribution in [2.24, 2.45) is 11.8 Å². The summed E-state index contributed by atoms with van der Waals surface area (Å²) in [5.41, 5.74) is 0. The van der Waals surface area contributed by atoms with Gasteiger partial charge in [0.1, 0.15) is 0 Å². The van der Waals surface area contributed by atoms with Gasteiger partial charge in [0.2, 0.25) is 11.8 Å². The summed E-state index contributed by atoms with van der Waals surface area (Å²) in [4.78, 5) is 28.8. The molecule has 2 saturated heterocycles. The first-order valence-electron chi connectivity index (χ1n) is 7.97. The van der Waals surface area contributed by atoms with E-state index in [9.17, 15) is 9.59 Å². The highest BCUT2D eigenvalue weighted by atomic mass is 16.2. The molecule has 0 aromatic carbocycles. The van der Waals surface area contributed by atoms with E-state index < -0.39 is 0 Å². The van der Waals surface area contributed by atoms with Crippen molar-refractivity contribution in [3.8, 4) is 0 Å². The van der Waals surface area contributed by atoms with Gasteiger partial charge in [0.15, 0.2) is 0 Å². The fourth-order valence-corrected chi connectivity index (χ4v) is 3.37. The van der Waals surface area contributed by atoms with E-state index >= 15 is 0 Å². The zero-order valence-corrected chi connectivity index (χ0v) is 12.3. The van der Waals surface area contributed by atoms with E-state index in [4.69, 9.17) is 0 Å². The maximum absolute atomic E-state index is 12.7. The summed E-state index contributed by atoms with van der Waals surface area (Å²) >= 11 is 0. The summed E-state index contributed by atoms with van der Waals surface area (Å²) in [6.45, 7) is 6.14. The molecule has 2 atom stereocenters. The summed E-state index contributed by atoms with van der Waals surface area (Å²) in [7, 11) is 0. The number of rotatable bonds is 2. The molecule has 5 heteroatoms. The minimum Gasteiger partial charge on any atom is -0.342 e. The Morgan fingerprint density at radius 2 is 1.85 bits per heavy atom. The van der Waals surface area contributed by atoms with Gasteiger partial charge in [-0.3, -0.25) is 9.59 Å². The number of carbonyl (C=O) groups excluding carboxylic acids is 2. The molecule has 112 valence electrons. The van der Waals surface area contributed by atoms with Crippen molar-refractivity contribution in [3.63, 3.8) is 0 Å². The Labute approximate surface area is 120 Å². The standard InChI is InChI=1S/C15H25N3O2/c1-11-9-16-6-8-18(11)15(20)13-3-2-7-17(10-13)14(19)12-4-5-12/h11-13,16H,2-10H2,1H3/t11-,13?/m0/s1. The monoisotopic (exact) mass is 279 g/mol. The van der Waals surface area contributed by atoms with E-state index in [1.54, 1.807) is 0 Å². The third kappa shape index (κ3) is 2.82. The van der Waals surface area contributed by atoms with E-state index in [0.29, 0.717) is 6.54 Å². The van der Waals surface area contributed by atoms with E-state index in [2.05, 4.69) is 12.2 Å². The number of hydrogen-bond donors (Lipinski definition) is 1. The molecule has 3 aliphatic rings. The van der Waals surface area contributed by atoms with Crippen LogP contribution < -0.4 is 5.32 Å². The predicted octanol–water partition coefficient (Wildman–Crippen LogP) is 0.455. The molecule has 20 heavy (non-hydrogen) atoms. The smallest absolute Gasteiger partial charge is 0.227 e. The SMILES string of the molecule is C[C@H]1CNCCN1C(=O)C1CCCN(C(=O)C2CC2)C1. The molecule has 3 rings (SSSR count). The molecule has 0 radical (unpaired) electrons. The maximum Gasteiger partial charge on any atom is 0.227 e. The van der Waals surface area contributed by atoms with E-state index in [1.807, 2.05) is 9.80 Å². The molecular formula is C15H25N3O2. The second-order valence-electron chi connectivity index (χ2n) is 6.48. The number of carbonyl (C=O) groups is 2. The minimum atomic E-state index is 0.0204. The van der Waals surface area contributed by atoms with Crippen LogP contribution in [0.3, 0.4) is 0 Å². The maximum atomic E-state index is 12.7. The van der Waals surface area contributed by atoms with Crippen LogP contribution in [0.15, 0.2) is 0 Å². The van der Waals surface area contributed by atoms with Crippen LogP contribution in [0, 0.1) is 11.8 Å². The topological polar surface area (TPSA) is 52.7 Å². The Kier molecular flexibility index (Phi) is 3.96. The summed E-state index contributed by atoms with van der Waals surface area (Å²) in [6.07, 6.45) is 3.99. The van der Waals surface area contributed by atoms with Gasteiger partial charge in [-0.1, -0.05) is 0 Å². The molecule has 0 spiro atoms. The fraction of sp³-hybridized carbons (Fsp3) is 0.867. The Morgan fingerprint density at radius 1 is 1.05 bits per heavy atom. The minimum absolute atomic E-state index is 0.0204. The fourth-order valence-electron chi connectivity index (χ4n) is 3.37. The van der Waals surface area contributed by atoms with E-state index in [-0.39, 0.29) is 29.7 Å². The Hall–Kier alpha value is -1.10. The van der Waals surface area contributed by atoms with Crippen LogP contribution in [0.25, 0.3) is 0 Å². The molecule has 2 aliphatic heterocycles. The van der Waals surface area contributed by atoms with Gasteiger partial charge < -0.3 is 15.1 Å². The Bertz CT molecular complexity index is 395. The van der Waals surface area contributed by atoms with Crippen molar-refractivity contribution in [1.82, 2.24) is 15.1 Å². The van der Waals surface area contributed by atoms with Crippen molar-refractivity contribution in [1.29, 1.82) is 0 Å². The van der Waals surface area contributed by atoms with Gasteiger partial charge in [-0.15, -0.1) is 0 Å². The Balaban J connectivity index is 1.60. The van der Waals surface area contributed by atoms with Crippen molar-refractivity contribution in [2.45, 2.75) is 38.6 Å². The van der Waals surface area contributed by atoms with Gasteiger partial charge in [0.25, 0.3) is 0 Å². The average molecular weight is 279 g/mol. The number of nitrogens with one attached hydrogen (secondary N) is 1. The number of nitrogens with zero attached hydrogens (tertiary/aromatic N) is 2. The Morgan fingerprint density at radius 3 is 2.55 bits per heavy atom. The molecule has 1 aliphatic carbocycles. The lowest BCUT2D eigenvalue weighted by atomic mass is 9.95. The van der Waals surface area contributed by atoms with Crippen molar-refractivity contribution >= 4 is 11.8 Å². The highest BCUT2D eigenvalue weighted by molar-refractivity contribution is 5.83. The van der Waals surface area contributed by atoms with Gasteiger partial charge in [0, 0.05) is 44.7 Å². The summed E-state index contributed by atoms with van der Waals surface area (Å²) in [5.74, 6) is 0.831. The lowest BCUT2D eigenvalue weighted by molar-refractivity contribution is -0.143. The highest BCUT2D eigenvalue weighted by Crippen LogP contribution is 2.32. The summed E-state index contributed by atoms with van der Waals surface area (Å²) in [6, 6.07) is 0.269. The van der Waals surface area contributed by atoms with Crippen LogP contribution in [-0.4, -0.2) is 60.4 Å². The van der Waals surface area contributed by atoms with Crippen LogP contribution in [0.5, 0.6) is 0 Å². The van der Waals surface area contributed by atoms with Crippen LogP contribution in [0.4, 0.5) is 0 Å². The second-order valence-corrected chi connectivity index (χ2v) is 6.48. The molecule has 0 aromatic rings. The summed E-state index contributed by atoms with van der Waals surface area (Å²) < 4.78 is 0. The third-order valence-corrected chi connectivity index (χ3v) is 4.79. The van der Waals surface area contributed by atoms with Crippen molar-refractivity contribution in [3.05, 3.63) is 0 Å². The highest BCUT2D eigenvalue weighted by Gasteiger charge is 2.38. The first-order valence-corrected chi connectivity index (χ1v) is 7.97. The van der Waals surface area contributed by atoms with E-state index in [1.165, 1.54) is 0 Å². The zero-order chi connectivity index (χ0) is 14.1. The molecule has 3 fully saturated rings. The van der Waals surface area contributed by atoms with E-state index in [0.717, 1.165) is 51.9 Å². The van der Waals surface area contributed by atoms with Crippen molar-refractivity contribution < 1.29 is 9.59 Å². The predicted molar refractivity (Wildman–Crippen MR) is 76.1 cm³/mol. The van der Waals surface area contributed by atoms with Gasteiger partial charge in [-0.05, 0) is 32.6 Å². The average Bonchev–Trinajstić information content (AvgIpc) is 3.31. The van der Waals surface area contributed by atoms with Gasteiger partial charge in [-0.25, -0.2) is 0 Å². The quantitative estimate of drug-likeness (QED) is 0.799. The molecule has 2 amide bonds. The lowest BCUT2D eigenvalue weighted by Crippen LogP contribution is -2.56. The largest absolute Gasteiger partial charge is 0.342 e. The number of hydrogen-bond acceptors (Lipinski definition) is 3. The van der Waals surface area contributed by atoms with Crippen molar-refractivity contribution in [2.75, 3.05) is 32.7 Å². The van der Waals surface area contributed by atoms with Gasteiger partial charge >= 0.3 is 0 Å². The molecule has 1 saturated carbocycles. The zero-order valence-electron chi connectivity index (χ0n) is 12.3. The molecule has 1 N–H and O–H groups in total. The number of piperazine rings is 1. The first-order chi connectivity index (χ1) is 9.66. The molecule has 5 nitrogen and oxygen atoms in total. The van der Waals surface area contributed by atoms with Crippen LogP contribution in [-0.2, 0) is 9.59 Å². The van der Waals surface area contributed by atoms with Crippen LogP contribution in [0.1, 0.15) is 32.6 Å². The van der Waals surface area contributed by atoms with Crippen LogP contribution >= 0.6 is 0 Å². The normalized spacial score (nSPS) is 31.2.